The summed E-state index contributed by atoms with van der Waals surface area (Å²) in [5, 5.41) is 15.5. The number of hydrogen-bond acceptors (Lipinski definition) is 2. The molecule has 4 heteroatoms. The zero-order valence-electron chi connectivity index (χ0n) is 12.1. The van der Waals surface area contributed by atoms with E-state index >= 15 is 0 Å². The summed E-state index contributed by atoms with van der Waals surface area (Å²) >= 11 is 0. The van der Waals surface area contributed by atoms with Gasteiger partial charge in [0.15, 0.2) is 0 Å². The van der Waals surface area contributed by atoms with Gasteiger partial charge in [-0.1, -0.05) is 24.3 Å². The standard InChI is InChI=1S/C18H16N2O2/c21-18(22)14-6-7-17-13(8-14)2-1-3-16(17)15-9-19-20(11-15)10-12-4-5-12/h1-3,6-9,11-12H,4-5,10H2,(H,21,22). The van der Waals surface area contributed by atoms with Gasteiger partial charge in [-0.05, 0) is 47.2 Å². The number of aromatic carboxylic acids is 1. The van der Waals surface area contributed by atoms with Crippen LogP contribution >= 0.6 is 0 Å². The number of fused-ring (bicyclic) bond motifs is 1. The smallest absolute Gasteiger partial charge is 0.335 e. The summed E-state index contributed by atoms with van der Waals surface area (Å²) in [5.41, 5.74) is 2.49. The number of carboxylic acid groups (broad SMARTS) is 1. The molecule has 3 aromatic rings. The molecule has 4 nitrogen and oxygen atoms in total. The molecule has 0 amide bonds. The van der Waals surface area contributed by atoms with E-state index in [2.05, 4.69) is 17.4 Å². The molecule has 0 bridgehead atoms. The van der Waals surface area contributed by atoms with E-state index in [1.165, 1.54) is 12.8 Å². The number of nitrogens with zero attached hydrogens (tertiary/aromatic N) is 2. The topological polar surface area (TPSA) is 55.1 Å². The maximum atomic E-state index is 11.1. The highest BCUT2D eigenvalue weighted by Gasteiger charge is 2.22. The molecule has 22 heavy (non-hydrogen) atoms. The maximum absolute atomic E-state index is 11.1. The van der Waals surface area contributed by atoms with E-state index in [-0.39, 0.29) is 0 Å². The molecule has 0 atom stereocenters. The Morgan fingerprint density at radius 2 is 2.14 bits per heavy atom. The average Bonchev–Trinajstić information content (AvgIpc) is 3.21. The van der Waals surface area contributed by atoms with Gasteiger partial charge in [-0.15, -0.1) is 0 Å². The number of aromatic nitrogens is 2. The van der Waals surface area contributed by atoms with Crippen molar-refractivity contribution in [3.05, 3.63) is 54.4 Å². The molecule has 1 aliphatic rings. The van der Waals surface area contributed by atoms with Gasteiger partial charge in [0.1, 0.15) is 0 Å². The molecule has 1 fully saturated rings. The van der Waals surface area contributed by atoms with Crippen molar-refractivity contribution in [2.24, 2.45) is 5.92 Å². The van der Waals surface area contributed by atoms with Crippen molar-refractivity contribution in [3.8, 4) is 11.1 Å². The quantitative estimate of drug-likeness (QED) is 0.795. The zero-order valence-corrected chi connectivity index (χ0v) is 12.1. The predicted octanol–water partition coefficient (Wildman–Crippen LogP) is 3.81. The van der Waals surface area contributed by atoms with Crippen LogP contribution in [0.15, 0.2) is 48.8 Å². The van der Waals surface area contributed by atoms with Crippen molar-refractivity contribution in [2.75, 3.05) is 0 Å². The lowest BCUT2D eigenvalue weighted by Crippen LogP contribution is -1.99. The van der Waals surface area contributed by atoms with E-state index in [9.17, 15) is 4.79 Å². The molecule has 0 radical (unpaired) electrons. The van der Waals surface area contributed by atoms with E-state index in [4.69, 9.17) is 5.11 Å². The summed E-state index contributed by atoms with van der Waals surface area (Å²) in [6, 6.07) is 11.2. The lowest BCUT2D eigenvalue weighted by atomic mass is 9.99. The Balaban J connectivity index is 1.77. The van der Waals surface area contributed by atoms with E-state index in [1.54, 1.807) is 12.1 Å². The molecule has 2 aromatic carbocycles. The van der Waals surface area contributed by atoms with E-state index in [0.29, 0.717) is 5.56 Å². The van der Waals surface area contributed by atoms with Crippen LogP contribution in [0.4, 0.5) is 0 Å². The van der Waals surface area contributed by atoms with Crippen LogP contribution in [0, 0.1) is 5.92 Å². The molecule has 1 N–H and O–H groups in total. The van der Waals surface area contributed by atoms with E-state index in [0.717, 1.165) is 34.4 Å². The van der Waals surface area contributed by atoms with Gasteiger partial charge in [0.2, 0.25) is 0 Å². The van der Waals surface area contributed by atoms with Crippen LogP contribution in [-0.4, -0.2) is 20.9 Å². The largest absolute Gasteiger partial charge is 0.478 e. The van der Waals surface area contributed by atoms with Crippen LogP contribution in [0.25, 0.3) is 21.9 Å². The molecular weight excluding hydrogens is 276 g/mol. The molecule has 1 saturated carbocycles. The van der Waals surface area contributed by atoms with Crippen molar-refractivity contribution in [3.63, 3.8) is 0 Å². The van der Waals surface area contributed by atoms with Gasteiger partial charge in [-0.3, -0.25) is 4.68 Å². The normalized spacial score (nSPS) is 14.4. The summed E-state index contributed by atoms with van der Waals surface area (Å²) in [5.74, 6) is -0.108. The average molecular weight is 292 g/mol. The van der Waals surface area contributed by atoms with Crippen molar-refractivity contribution in [1.82, 2.24) is 9.78 Å². The first-order chi connectivity index (χ1) is 10.7. The summed E-state index contributed by atoms with van der Waals surface area (Å²) in [4.78, 5) is 11.1. The lowest BCUT2D eigenvalue weighted by Gasteiger charge is -2.05. The number of hydrogen-bond donors (Lipinski definition) is 1. The van der Waals surface area contributed by atoms with Gasteiger partial charge < -0.3 is 5.11 Å². The number of carbonyl (C=O) groups is 1. The summed E-state index contributed by atoms with van der Waals surface area (Å²) < 4.78 is 2.01. The monoisotopic (exact) mass is 292 g/mol. The minimum atomic E-state index is -0.899. The Hall–Kier alpha value is -2.62. The molecule has 0 unspecified atom stereocenters. The van der Waals surface area contributed by atoms with Crippen LogP contribution in [0.1, 0.15) is 23.2 Å². The SMILES string of the molecule is O=C(O)c1ccc2c(-c3cnn(CC4CC4)c3)cccc2c1. The third-order valence-electron chi connectivity index (χ3n) is 4.21. The van der Waals surface area contributed by atoms with Gasteiger partial charge >= 0.3 is 5.97 Å². The molecule has 0 spiro atoms. The number of benzene rings is 2. The van der Waals surface area contributed by atoms with Crippen molar-refractivity contribution in [2.45, 2.75) is 19.4 Å². The molecule has 0 saturated heterocycles. The maximum Gasteiger partial charge on any atom is 0.335 e. The van der Waals surface area contributed by atoms with Crippen molar-refractivity contribution < 1.29 is 9.90 Å². The van der Waals surface area contributed by atoms with Crippen LogP contribution < -0.4 is 0 Å². The van der Waals surface area contributed by atoms with E-state index < -0.39 is 5.97 Å². The second-order valence-electron chi connectivity index (χ2n) is 5.94. The Bertz CT molecular complexity index is 862. The molecule has 1 heterocycles. The van der Waals surface area contributed by atoms with Crippen LogP contribution in [0.3, 0.4) is 0 Å². The molecular formula is C18H16N2O2. The van der Waals surface area contributed by atoms with Crippen molar-refractivity contribution >= 4 is 16.7 Å². The summed E-state index contributed by atoms with van der Waals surface area (Å²) in [6.07, 6.45) is 6.59. The Labute approximate surface area is 128 Å². The summed E-state index contributed by atoms with van der Waals surface area (Å²) in [7, 11) is 0. The highest BCUT2D eigenvalue weighted by molar-refractivity contribution is 6.00. The fourth-order valence-electron chi connectivity index (χ4n) is 2.84. The highest BCUT2D eigenvalue weighted by Crippen LogP contribution is 2.32. The molecule has 0 aliphatic heterocycles. The summed E-state index contributed by atoms with van der Waals surface area (Å²) in [6.45, 7) is 0.994. The number of rotatable bonds is 4. The second-order valence-corrected chi connectivity index (χ2v) is 5.94. The Kier molecular flexibility index (Phi) is 2.96. The minimum absolute atomic E-state index is 0.314. The van der Waals surface area contributed by atoms with Gasteiger partial charge in [0.25, 0.3) is 0 Å². The molecule has 4 rings (SSSR count). The first-order valence-electron chi connectivity index (χ1n) is 7.49. The zero-order chi connectivity index (χ0) is 15.1. The fraction of sp³-hybridized carbons (Fsp3) is 0.222. The first-order valence-corrected chi connectivity index (χ1v) is 7.49. The Morgan fingerprint density at radius 3 is 2.91 bits per heavy atom. The molecule has 1 aromatic heterocycles. The van der Waals surface area contributed by atoms with Gasteiger partial charge in [0, 0.05) is 18.3 Å². The van der Waals surface area contributed by atoms with E-state index in [1.807, 2.05) is 29.1 Å². The van der Waals surface area contributed by atoms with Gasteiger partial charge in [0.05, 0.1) is 11.8 Å². The minimum Gasteiger partial charge on any atom is -0.478 e. The van der Waals surface area contributed by atoms with Crippen molar-refractivity contribution in [1.29, 1.82) is 0 Å². The first kappa shape index (κ1) is 13.1. The fourth-order valence-corrected chi connectivity index (χ4v) is 2.84. The number of carboxylic acids is 1. The Morgan fingerprint density at radius 1 is 1.27 bits per heavy atom. The van der Waals surface area contributed by atoms with Crippen LogP contribution in [-0.2, 0) is 6.54 Å². The van der Waals surface area contributed by atoms with Gasteiger partial charge in [-0.2, -0.15) is 5.10 Å². The lowest BCUT2D eigenvalue weighted by molar-refractivity contribution is 0.0697. The third-order valence-corrected chi connectivity index (χ3v) is 4.21. The molecule has 1 aliphatic carbocycles. The van der Waals surface area contributed by atoms with Crippen LogP contribution in [0.5, 0.6) is 0 Å². The van der Waals surface area contributed by atoms with Gasteiger partial charge in [-0.25, -0.2) is 4.79 Å². The molecule has 110 valence electrons. The van der Waals surface area contributed by atoms with Crippen LogP contribution in [0.2, 0.25) is 0 Å². The third kappa shape index (κ3) is 2.37. The highest BCUT2D eigenvalue weighted by atomic mass is 16.4. The second kappa shape index (κ2) is 4.98. The predicted molar refractivity (Wildman–Crippen MR) is 84.9 cm³/mol.